The molecule has 0 spiro atoms. The van der Waals surface area contributed by atoms with Gasteiger partial charge in [-0.05, 0) is 36.7 Å². The number of carbonyl (C=O) groups is 1. The van der Waals surface area contributed by atoms with Gasteiger partial charge in [-0.3, -0.25) is 0 Å². The van der Waals surface area contributed by atoms with Gasteiger partial charge in [-0.2, -0.15) is 4.73 Å². The predicted molar refractivity (Wildman–Crippen MR) is 82.0 cm³/mol. The Bertz CT molecular complexity index is 763. The zero-order valence-corrected chi connectivity index (χ0v) is 11.5. The van der Waals surface area contributed by atoms with Crippen molar-refractivity contribution in [2.75, 3.05) is 6.54 Å². The van der Waals surface area contributed by atoms with Crippen molar-refractivity contribution in [1.82, 2.24) is 4.73 Å². The van der Waals surface area contributed by atoms with Gasteiger partial charge in [0.05, 0.1) is 11.1 Å². The smallest absolute Gasteiger partial charge is 0.331 e. The van der Waals surface area contributed by atoms with Crippen LogP contribution < -0.4 is 10.6 Å². The van der Waals surface area contributed by atoms with E-state index >= 15 is 0 Å². The van der Waals surface area contributed by atoms with E-state index < -0.39 is 0 Å². The van der Waals surface area contributed by atoms with Crippen molar-refractivity contribution in [3.8, 4) is 0 Å². The fourth-order valence-corrected chi connectivity index (χ4v) is 2.36. The van der Waals surface area contributed by atoms with Crippen molar-refractivity contribution in [2.24, 2.45) is 5.73 Å². The third kappa shape index (κ3) is 2.66. The number of benzene rings is 2. The van der Waals surface area contributed by atoms with Crippen LogP contribution in [0.4, 0.5) is 0 Å². The van der Waals surface area contributed by atoms with E-state index in [1.807, 2.05) is 48.7 Å². The van der Waals surface area contributed by atoms with Gasteiger partial charge in [-0.1, -0.05) is 36.4 Å². The highest BCUT2D eigenvalue weighted by atomic mass is 16.7. The first-order chi connectivity index (χ1) is 10.3. The van der Waals surface area contributed by atoms with Gasteiger partial charge in [0.2, 0.25) is 0 Å². The first-order valence-corrected chi connectivity index (χ1v) is 6.86. The number of para-hydroxylation sites is 1. The molecule has 2 N–H and O–H groups in total. The number of nitrogens with zero attached hydrogens (tertiary/aromatic N) is 1. The number of hydrogen-bond donors (Lipinski definition) is 1. The van der Waals surface area contributed by atoms with Gasteiger partial charge in [0.25, 0.3) is 0 Å². The lowest BCUT2D eigenvalue weighted by molar-refractivity contribution is 0.0482. The molecule has 4 nitrogen and oxygen atoms in total. The predicted octanol–water partition coefficient (Wildman–Crippen LogP) is 2.41. The summed E-state index contributed by atoms with van der Waals surface area (Å²) in [6.07, 6.45) is 2.58. The average molecular weight is 280 g/mol. The molecule has 106 valence electrons. The van der Waals surface area contributed by atoms with Crippen LogP contribution in [0.5, 0.6) is 0 Å². The van der Waals surface area contributed by atoms with E-state index in [2.05, 4.69) is 0 Å². The van der Waals surface area contributed by atoms with Crippen LogP contribution in [0.2, 0.25) is 0 Å². The molecule has 0 bridgehead atoms. The maximum atomic E-state index is 12.2. The number of hydrogen-bond acceptors (Lipinski definition) is 3. The van der Waals surface area contributed by atoms with Gasteiger partial charge in [0.15, 0.2) is 0 Å². The maximum absolute atomic E-state index is 12.2. The number of rotatable bonds is 4. The number of aromatic nitrogens is 1. The molecular formula is C17H16N2O2. The Hall–Kier alpha value is -2.59. The summed E-state index contributed by atoms with van der Waals surface area (Å²) in [6, 6.07) is 16.8. The molecule has 3 aromatic rings. The van der Waals surface area contributed by atoms with Crippen molar-refractivity contribution >= 4 is 16.9 Å². The van der Waals surface area contributed by atoms with Crippen molar-refractivity contribution in [1.29, 1.82) is 0 Å². The standard InChI is InChI=1S/C17H16N2O2/c18-11-10-14-12-19(16-9-5-4-8-15(14)16)21-17(20)13-6-2-1-3-7-13/h1-9,12H,10-11,18H2. The molecule has 4 heteroatoms. The van der Waals surface area contributed by atoms with Gasteiger partial charge in [-0.15, -0.1) is 0 Å². The van der Waals surface area contributed by atoms with Crippen LogP contribution in [0.25, 0.3) is 10.9 Å². The summed E-state index contributed by atoms with van der Waals surface area (Å²) in [5.41, 5.74) is 8.10. The maximum Gasteiger partial charge on any atom is 0.363 e. The molecule has 0 amide bonds. The minimum absolute atomic E-state index is 0.379. The summed E-state index contributed by atoms with van der Waals surface area (Å²) >= 11 is 0. The van der Waals surface area contributed by atoms with Crippen LogP contribution in [-0.4, -0.2) is 17.2 Å². The fraction of sp³-hybridized carbons (Fsp3) is 0.118. The molecule has 2 aromatic carbocycles. The van der Waals surface area contributed by atoms with Crippen LogP contribution in [-0.2, 0) is 6.42 Å². The average Bonchev–Trinajstić information content (AvgIpc) is 2.87. The summed E-state index contributed by atoms with van der Waals surface area (Å²) < 4.78 is 1.52. The van der Waals surface area contributed by atoms with Crippen LogP contribution >= 0.6 is 0 Å². The SMILES string of the molecule is NCCc1cn(OC(=O)c2ccccc2)c2ccccc12. The zero-order valence-electron chi connectivity index (χ0n) is 11.5. The minimum atomic E-state index is -0.379. The highest BCUT2D eigenvalue weighted by Gasteiger charge is 2.12. The van der Waals surface area contributed by atoms with E-state index in [9.17, 15) is 4.79 Å². The number of carbonyl (C=O) groups excluding carboxylic acids is 1. The lowest BCUT2D eigenvalue weighted by Crippen LogP contribution is -2.18. The summed E-state index contributed by atoms with van der Waals surface area (Å²) in [4.78, 5) is 17.6. The van der Waals surface area contributed by atoms with Crippen molar-refractivity contribution in [3.63, 3.8) is 0 Å². The second-order valence-electron chi connectivity index (χ2n) is 4.78. The monoisotopic (exact) mass is 280 g/mol. The summed E-state index contributed by atoms with van der Waals surface area (Å²) in [5.74, 6) is -0.379. The van der Waals surface area contributed by atoms with E-state index in [0.29, 0.717) is 12.1 Å². The van der Waals surface area contributed by atoms with Gasteiger partial charge in [0.1, 0.15) is 0 Å². The molecule has 0 aliphatic rings. The first-order valence-electron chi connectivity index (χ1n) is 6.86. The molecule has 0 saturated carbocycles. The Morgan fingerprint density at radius 3 is 2.52 bits per heavy atom. The van der Waals surface area contributed by atoms with Crippen molar-refractivity contribution in [3.05, 3.63) is 71.9 Å². The van der Waals surface area contributed by atoms with E-state index in [-0.39, 0.29) is 5.97 Å². The molecule has 0 atom stereocenters. The molecule has 0 aliphatic carbocycles. The van der Waals surface area contributed by atoms with Gasteiger partial charge in [-0.25, -0.2) is 4.79 Å². The highest BCUT2D eigenvalue weighted by Crippen LogP contribution is 2.21. The lowest BCUT2D eigenvalue weighted by atomic mass is 10.1. The van der Waals surface area contributed by atoms with Crippen LogP contribution in [0.15, 0.2) is 60.8 Å². The van der Waals surface area contributed by atoms with Gasteiger partial charge >= 0.3 is 5.97 Å². The minimum Gasteiger partial charge on any atom is -0.331 e. The Morgan fingerprint density at radius 2 is 1.76 bits per heavy atom. The third-order valence-corrected chi connectivity index (χ3v) is 3.36. The molecule has 21 heavy (non-hydrogen) atoms. The third-order valence-electron chi connectivity index (χ3n) is 3.36. The van der Waals surface area contributed by atoms with Gasteiger partial charge < -0.3 is 10.6 Å². The summed E-state index contributed by atoms with van der Waals surface area (Å²) in [5, 5.41) is 1.06. The zero-order chi connectivity index (χ0) is 14.7. The Balaban J connectivity index is 1.95. The Kier molecular flexibility index (Phi) is 3.71. The van der Waals surface area contributed by atoms with Crippen LogP contribution in [0, 0.1) is 0 Å². The van der Waals surface area contributed by atoms with Crippen LogP contribution in [0.3, 0.4) is 0 Å². The molecule has 3 rings (SSSR count). The molecule has 0 aliphatic heterocycles. The Labute approximate surface area is 122 Å². The second-order valence-corrected chi connectivity index (χ2v) is 4.78. The van der Waals surface area contributed by atoms with Crippen molar-refractivity contribution < 1.29 is 9.63 Å². The first kappa shape index (κ1) is 13.4. The summed E-state index contributed by atoms with van der Waals surface area (Å²) in [6.45, 7) is 0.556. The quantitative estimate of drug-likeness (QED) is 0.798. The second kappa shape index (κ2) is 5.81. The normalized spacial score (nSPS) is 10.7. The van der Waals surface area contributed by atoms with Gasteiger partial charge in [0, 0.05) is 11.6 Å². The van der Waals surface area contributed by atoms with Crippen molar-refractivity contribution in [2.45, 2.75) is 6.42 Å². The molecule has 0 radical (unpaired) electrons. The number of fused-ring (bicyclic) bond motifs is 1. The lowest BCUT2D eigenvalue weighted by Gasteiger charge is -2.05. The molecule has 1 aromatic heterocycles. The molecule has 0 saturated heterocycles. The summed E-state index contributed by atoms with van der Waals surface area (Å²) in [7, 11) is 0. The van der Waals surface area contributed by atoms with E-state index in [1.54, 1.807) is 12.1 Å². The molecule has 0 fully saturated rings. The van der Waals surface area contributed by atoms with E-state index in [4.69, 9.17) is 10.6 Å². The van der Waals surface area contributed by atoms with Crippen LogP contribution in [0.1, 0.15) is 15.9 Å². The van der Waals surface area contributed by atoms with E-state index in [1.165, 1.54) is 4.73 Å². The fourth-order valence-electron chi connectivity index (χ4n) is 2.36. The Morgan fingerprint density at radius 1 is 1.05 bits per heavy atom. The molecule has 0 unspecified atom stereocenters. The topological polar surface area (TPSA) is 57.2 Å². The highest BCUT2D eigenvalue weighted by molar-refractivity contribution is 5.91. The molecular weight excluding hydrogens is 264 g/mol. The molecule has 1 heterocycles. The van der Waals surface area contributed by atoms with E-state index in [0.717, 1.165) is 22.9 Å². The largest absolute Gasteiger partial charge is 0.363 e. The number of nitrogens with two attached hydrogens (primary N) is 1.